The molecule has 0 radical (unpaired) electrons. The lowest BCUT2D eigenvalue weighted by atomic mass is 9.80. The first-order valence-corrected chi connectivity index (χ1v) is 7.48. The van der Waals surface area contributed by atoms with Crippen LogP contribution in [0.15, 0.2) is 23.2 Å². The molecule has 1 saturated heterocycles. The molecule has 4 nitrogen and oxygen atoms in total. The molecule has 0 aromatic carbocycles. The van der Waals surface area contributed by atoms with Gasteiger partial charge < -0.3 is 9.30 Å². The molecule has 102 valence electrons. The molecule has 1 aliphatic heterocycles. The Morgan fingerprint density at radius 2 is 2.16 bits per heavy atom. The topological polar surface area (TPSA) is 33.4 Å². The van der Waals surface area contributed by atoms with Gasteiger partial charge in [0.15, 0.2) is 11.5 Å². The maximum Gasteiger partial charge on any atom is 0.180 e. The van der Waals surface area contributed by atoms with Crippen LogP contribution in [0.3, 0.4) is 0 Å². The molecule has 0 saturated carbocycles. The van der Waals surface area contributed by atoms with Crippen LogP contribution < -0.4 is 4.90 Å². The van der Waals surface area contributed by atoms with Crippen molar-refractivity contribution in [2.45, 2.75) is 27.2 Å². The van der Waals surface area contributed by atoms with Gasteiger partial charge in [0.25, 0.3) is 0 Å². The molecule has 2 aromatic rings. The van der Waals surface area contributed by atoms with E-state index in [1.807, 2.05) is 23.0 Å². The number of nitrogens with zero attached hydrogens (tertiary/aromatic N) is 4. The molecule has 3 rings (SSSR count). The highest BCUT2D eigenvalue weighted by atomic mass is 79.9. The molecule has 0 amide bonds. The molecule has 0 bridgehead atoms. The van der Waals surface area contributed by atoms with Gasteiger partial charge in [-0.15, -0.1) is 0 Å². The minimum atomic E-state index is 0.354. The number of halogens is 1. The van der Waals surface area contributed by atoms with Crippen molar-refractivity contribution in [1.29, 1.82) is 0 Å². The van der Waals surface area contributed by atoms with E-state index in [2.05, 4.69) is 51.6 Å². The number of anilines is 1. The van der Waals surface area contributed by atoms with Gasteiger partial charge in [-0.2, -0.15) is 0 Å². The predicted octanol–water partition coefficient (Wildman–Crippen LogP) is 3.36. The number of fused-ring (bicyclic) bond motifs is 1. The van der Waals surface area contributed by atoms with Gasteiger partial charge in [-0.05, 0) is 33.7 Å². The zero-order valence-electron chi connectivity index (χ0n) is 11.6. The van der Waals surface area contributed by atoms with Gasteiger partial charge in [-0.25, -0.2) is 9.97 Å². The summed E-state index contributed by atoms with van der Waals surface area (Å²) >= 11 is 3.48. The van der Waals surface area contributed by atoms with Gasteiger partial charge in [0, 0.05) is 31.7 Å². The van der Waals surface area contributed by atoms with Gasteiger partial charge in [-0.3, -0.25) is 0 Å². The number of hydrogen-bond acceptors (Lipinski definition) is 3. The van der Waals surface area contributed by atoms with Crippen LogP contribution in [-0.4, -0.2) is 27.5 Å². The molecular weight excluding hydrogens is 304 g/mol. The predicted molar refractivity (Wildman–Crippen MR) is 80.5 cm³/mol. The van der Waals surface area contributed by atoms with E-state index in [0.29, 0.717) is 11.3 Å². The quantitative estimate of drug-likeness (QED) is 0.807. The first-order valence-electron chi connectivity index (χ1n) is 6.69. The van der Waals surface area contributed by atoms with Gasteiger partial charge >= 0.3 is 0 Å². The average molecular weight is 323 g/mol. The average Bonchev–Trinajstić information content (AvgIpc) is 2.94. The molecule has 0 aliphatic carbocycles. The summed E-state index contributed by atoms with van der Waals surface area (Å²) in [6, 6.07) is 0. The number of hydrogen-bond donors (Lipinski definition) is 0. The van der Waals surface area contributed by atoms with E-state index >= 15 is 0 Å². The summed E-state index contributed by atoms with van der Waals surface area (Å²) in [5.41, 5.74) is 1.30. The molecular formula is C14H19BrN4. The Balaban J connectivity index is 1.95. The second-order valence-corrected chi connectivity index (χ2v) is 7.16. The van der Waals surface area contributed by atoms with Crippen LogP contribution in [0.4, 0.5) is 5.82 Å². The van der Waals surface area contributed by atoms with Crippen molar-refractivity contribution < 1.29 is 0 Å². The maximum absolute atomic E-state index is 4.63. The van der Waals surface area contributed by atoms with Crippen LogP contribution in [0.2, 0.25) is 0 Å². The highest BCUT2D eigenvalue weighted by molar-refractivity contribution is 9.10. The van der Waals surface area contributed by atoms with Gasteiger partial charge in [0.2, 0.25) is 0 Å². The monoisotopic (exact) mass is 322 g/mol. The molecule has 1 fully saturated rings. The first kappa shape index (κ1) is 12.9. The standard InChI is InChI=1S/C14H19BrN4/c1-14(2,3)10-4-6-18(8-10)13-12-16-5-7-19(12)9-11(15)17-13/h5,7,9-10H,4,6,8H2,1-3H3. The summed E-state index contributed by atoms with van der Waals surface area (Å²) in [7, 11) is 0. The van der Waals surface area contributed by atoms with E-state index < -0.39 is 0 Å². The first-order chi connectivity index (χ1) is 8.95. The van der Waals surface area contributed by atoms with E-state index in [9.17, 15) is 0 Å². The third-order valence-electron chi connectivity index (χ3n) is 4.04. The van der Waals surface area contributed by atoms with Crippen molar-refractivity contribution in [3.8, 4) is 0 Å². The molecule has 1 atom stereocenters. The van der Waals surface area contributed by atoms with Crippen molar-refractivity contribution in [3.63, 3.8) is 0 Å². The number of imidazole rings is 1. The van der Waals surface area contributed by atoms with Crippen LogP contribution in [0.25, 0.3) is 5.65 Å². The molecule has 1 unspecified atom stereocenters. The van der Waals surface area contributed by atoms with E-state index in [1.54, 1.807) is 0 Å². The summed E-state index contributed by atoms with van der Waals surface area (Å²) in [6.07, 6.45) is 6.96. The fourth-order valence-electron chi connectivity index (χ4n) is 2.76. The van der Waals surface area contributed by atoms with Crippen molar-refractivity contribution >= 4 is 27.4 Å². The van der Waals surface area contributed by atoms with Gasteiger partial charge in [0.05, 0.1) is 0 Å². The van der Waals surface area contributed by atoms with E-state index in [0.717, 1.165) is 29.2 Å². The summed E-state index contributed by atoms with van der Waals surface area (Å²) in [5.74, 6) is 1.70. The van der Waals surface area contributed by atoms with Gasteiger partial charge in [-0.1, -0.05) is 20.8 Å². The van der Waals surface area contributed by atoms with Crippen molar-refractivity contribution in [2.75, 3.05) is 18.0 Å². The summed E-state index contributed by atoms with van der Waals surface area (Å²) in [5, 5.41) is 0. The Labute approximate surface area is 122 Å². The largest absolute Gasteiger partial charge is 0.353 e. The minimum Gasteiger partial charge on any atom is -0.353 e. The highest BCUT2D eigenvalue weighted by Crippen LogP contribution is 2.36. The summed E-state index contributed by atoms with van der Waals surface area (Å²) < 4.78 is 2.88. The molecule has 2 aromatic heterocycles. The lowest BCUT2D eigenvalue weighted by molar-refractivity contribution is 0.263. The zero-order valence-corrected chi connectivity index (χ0v) is 13.2. The third kappa shape index (κ3) is 2.36. The zero-order chi connectivity index (χ0) is 13.6. The van der Waals surface area contributed by atoms with Crippen LogP contribution in [0.1, 0.15) is 27.2 Å². The molecule has 19 heavy (non-hydrogen) atoms. The van der Waals surface area contributed by atoms with Crippen LogP contribution >= 0.6 is 15.9 Å². The molecule has 3 heterocycles. The SMILES string of the molecule is CC(C)(C)C1CCN(c2nc(Br)cn3ccnc23)C1. The summed E-state index contributed by atoms with van der Waals surface area (Å²) in [4.78, 5) is 11.4. The molecule has 0 N–H and O–H groups in total. The van der Waals surface area contributed by atoms with E-state index in [1.165, 1.54) is 6.42 Å². The normalized spacial score (nSPS) is 20.4. The number of aromatic nitrogens is 3. The lowest BCUT2D eigenvalue weighted by Gasteiger charge is -2.27. The van der Waals surface area contributed by atoms with Gasteiger partial charge in [0.1, 0.15) is 4.60 Å². The Morgan fingerprint density at radius 3 is 2.84 bits per heavy atom. The third-order valence-corrected chi connectivity index (χ3v) is 4.42. The second-order valence-electron chi connectivity index (χ2n) is 6.34. The smallest absolute Gasteiger partial charge is 0.180 e. The van der Waals surface area contributed by atoms with Crippen molar-refractivity contribution in [1.82, 2.24) is 14.4 Å². The van der Waals surface area contributed by atoms with E-state index in [4.69, 9.17) is 0 Å². The van der Waals surface area contributed by atoms with Crippen molar-refractivity contribution in [2.24, 2.45) is 11.3 Å². The fourth-order valence-corrected chi connectivity index (χ4v) is 3.15. The fraction of sp³-hybridized carbons (Fsp3) is 0.571. The highest BCUT2D eigenvalue weighted by Gasteiger charge is 2.33. The Hall–Kier alpha value is -1.10. The Bertz CT molecular complexity index is 599. The molecule has 1 aliphatic rings. The van der Waals surface area contributed by atoms with Crippen LogP contribution in [0.5, 0.6) is 0 Å². The van der Waals surface area contributed by atoms with E-state index in [-0.39, 0.29) is 0 Å². The molecule has 0 spiro atoms. The number of rotatable bonds is 1. The summed E-state index contributed by atoms with van der Waals surface area (Å²) in [6.45, 7) is 9.09. The van der Waals surface area contributed by atoms with Crippen LogP contribution in [0, 0.1) is 11.3 Å². The lowest BCUT2D eigenvalue weighted by Crippen LogP contribution is -2.26. The second kappa shape index (κ2) is 4.47. The molecule has 5 heteroatoms. The van der Waals surface area contributed by atoms with Crippen molar-refractivity contribution in [3.05, 3.63) is 23.2 Å². The Morgan fingerprint density at radius 1 is 1.37 bits per heavy atom. The minimum absolute atomic E-state index is 0.354. The maximum atomic E-state index is 4.63. The van der Waals surface area contributed by atoms with Crippen LogP contribution in [-0.2, 0) is 0 Å². The Kier molecular flexibility index (Phi) is 3.04.